The minimum atomic E-state index is -0.695. The number of aliphatic carboxylic acids is 1. The average Bonchev–Trinajstić information content (AvgIpc) is 3.28. The lowest BCUT2D eigenvalue weighted by Gasteiger charge is -2.28. The zero-order valence-corrected chi connectivity index (χ0v) is 19.7. The van der Waals surface area contributed by atoms with Gasteiger partial charge in [-0.25, -0.2) is 0 Å². The predicted octanol–water partition coefficient (Wildman–Crippen LogP) is 5.94. The Kier molecular flexibility index (Phi) is 7.40. The molecule has 0 saturated heterocycles. The Morgan fingerprint density at radius 1 is 1.09 bits per heavy atom. The number of rotatable bonds is 8. The molecule has 1 aromatic carbocycles. The second-order valence-electron chi connectivity index (χ2n) is 9.60. The molecule has 0 aliphatic heterocycles. The summed E-state index contributed by atoms with van der Waals surface area (Å²) in [5.41, 5.74) is 3.99. The summed E-state index contributed by atoms with van der Waals surface area (Å²) in [5, 5.41) is 15.7. The number of amides is 1. The molecule has 34 heavy (non-hydrogen) atoms. The number of hydrogen-bond acceptors (Lipinski definition) is 5. The van der Waals surface area contributed by atoms with Crippen molar-refractivity contribution in [3.63, 3.8) is 0 Å². The van der Waals surface area contributed by atoms with Gasteiger partial charge in [0, 0.05) is 24.5 Å². The summed E-state index contributed by atoms with van der Waals surface area (Å²) in [6.45, 7) is 4.16. The first-order valence-corrected chi connectivity index (χ1v) is 11.9. The Balaban J connectivity index is 1.33. The maximum atomic E-state index is 12.4. The third-order valence-electron chi connectivity index (χ3n) is 6.41. The fourth-order valence-electron chi connectivity index (χ4n) is 4.63. The van der Waals surface area contributed by atoms with Gasteiger partial charge in [0.1, 0.15) is 5.76 Å². The number of pyridine rings is 1. The highest BCUT2D eigenvalue weighted by Gasteiger charge is 2.24. The van der Waals surface area contributed by atoms with Gasteiger partial charge in [0.25, 0.3) is 5.91 Å². The largest absolute Gasteiger partial charge is 0.481 e. The van der Waals surface area contributed by atoms with Crippen LogP contribution in [0.5, 0.6) is 0 Å². The molecule has 0 unspecified atom stereocenters. The number of nitrogens with one attached hydrogen (secondary N) is 1. The third-order valence-corrected chi connectivity index (χ3v) is 6.41. The van der Waals surface area contributed by atoms with E-state index in [4.69, 9.17) is 9.63 Å². The first-order valence-electron chi connectivity index (χ1n) is 11.9. The van der Waals surface area contributed by atoms with E-state index in [0.29, 0.717) is 29.2 Å². The van der Waals surface area contributed by atoms with Gasteiger partial charge in [0.05, 0.1) is 17.6 Å². The standard InChI is InChI=1S/C27H31N3O4/c1-17(2)13-23-15-25(30-34-23)27(33)29-22-11-12-24(28-16-22)21-9-7-20(8-10-21)19-5-3-18(4-6-19)14-26(31)32/h7-12,15-19H,3-6,13-14H2,1-2H3,(H,29,33)(H,31,32). The summed E-state index contributed by atoms with van der Waals surface area (Å²) in [4.78, 5) is 27.9. The van der Waals surface area contributed by atoms with Crippen LogP contribution in [0, 0.1) is 11.8 Å². The molecule has 1 saturated carbocycles. The van der Waals surface area contributed by atoms with E-state index < -0.39 is 5.97 Å². The number of benzene rings is 1. The molecular weight excluding hydrogens is 430 g/mol. The van der Waals surface area contributed by atoms with Crippen LogP contribution in [0.25, 0.3) is 11.3 Å². The molecule has 4 rings (SSSR count). The SMILES string of the molecule is CC(C)Cc1cc(C(=O)Nc2ccc(-c3ccc(C4CCC(CC(=O)O)CC4)cc3)nc2)no1. The second-order valence-corrected chi connectivity index (χ2v) is 9.60. The van der Waals surface area contributed by atoms with Crippen molar-refractivity contribution in [3.05, 3.63) is 65.7 Å². The van der Waals surface area contributed by atoms with Crippen LogP contribution in [0.4, 0.5) is 5.69 Å². The molecule has 1 aliphatic rings. The van der Waals surface area contributed by atoms with Crippen LogP contribution in [0.1, 0.15) is 73.7 Å². The molecule has 1 amide bonds. The maximum absolute atomic E-state index is 12.4. The van der Waals surface area contributed by atoms with Gasteiger partial charge in [-0.15, -0.1) is 0 Å². The van der Waals surface area contributed by atoms with Gasteiger partial charge >= 0.3 is 5.97 Å². The van der Waals surface area contributed by atoms with Gasteiger partial charge in [0.15, 0.2) is 5.69 Å². The number of carbonyl (C=O) groups is 2. The molecule has 0 bridgehead atoms. The Bertz CT molecular complexity index is 1110. The topological polar surface area (TPSA) is 105 Å². The molecule has 2 aromatic heterocycles. The van der Waals surface area contributed by atoms with E-state index in [1.54, 1.807) is 12.3 Å². The normalized spacial score (nSPS) is 18.1. The molecule has 0 radical (unpaired) electrons. The van der Waals surface area contributed by atoms with Crippen molar-refractivity contribution in [1.29, 1.82) is 0 Å². The summed E-state index contributed by atoms with van der Waals surface area (Å²) in [7, 11) is 0. The molecular formula is C27H31N3O4. The third kappa shape index (κ3) is 6.10. The number of carboxylic acids is 1. The van der Waals surface area contributed by atoms with Crippen LogP contribution in [0.15, 0.2) is 53.2 Å². The summed E-state index contributed by atoms with van der Waals surface area (Å²) in [5.74, 6) is 0.902. The minimum absolute atomic E-state index is 0.257. The molecule has 2 heterocycles. The summed E-state index contributed by atoms with van der Waals surface area (Å²) >= 11 is 0. The highest BCUT2D eigenvalue weighted by molar-refractivity contribution is 6.02. The summed E-state index contributed by atoms with van der Waals surface area (Å²) in [6, 6.07) is 13.8. The quantitative estimate of drug-likeness (QED) is 0.430. The molecule has 0 spiro atoms. The molecule has 1 fully saturated rings. The summed E-state index contributed by atoms with van der Waals surface area (Å²) < 4.78 is 5.23. The van der Waals surface area contributed by atoms with Gasteiger partial charge in [-0.2, -0.15) is 0 Å². The van der Waals surface area contributed by atoms with Crippen molar-refractivity contribution in [1.82, 2.24) is 10.1 Å². The fraction of sp³-hybridized carbons (Fsp3) is 0.407. The number of anilines is 1. The average molecular weight is 462 g/mol. The zero-order valence-electron chi connectivity index (χ0n) is 19.7. The van der Waals surface area contributed by atoms with Crippen LogP contribution < -0.4 is 5.32 Å². The van der Waals surface area contributed by atoms with Crippen molar-refractivity contribution in [2.45, 2.75) is 58.3 Å². The summed E-state index contributed by atoms with van der Waals surface area (Å²) in [6.07, 6.45) is 6.68. The van der Waals surface area contributed by atoms with E-state index in [0.717, 1.165) is 43.4 Å². The Hall–Kier alpha value is -3.48. The fourth-order valence-corrected chi connectivity index (χ4v) is 4.63. The van der Waals surface area contributed by atoms with E-state index >= 15 is 0 Å². The Morgan fingerprint density at radius 3 is 2.44 bits per heavy atom. The van der Waals surface area contributed by atoms with Crippen LogP contribution in [-0.4, -0.2) is 27.1 Å². The molecule has 0 atom stereocenters. The molecule has 2 N–H and O–H groups in total. The van der Waals surface area contributed by atoms with Crippen molar-refractivity contribution < 1.29 is 19.2 Å². The monoisotopic (exact) mass is 461 g/mol. The lowest BCUT2D eigenvalue weighted by molar-refractivity contribution is -0.138. The minimum Gasteiger partial charge on any atom is -0.481 e. The van der Waals surface area contributed by atoms with Crippen LogP contribution in [-0.2, 0) is 11.2 Å². The predicted molar refractivity (Wildman–Crippen MR) is 130 cm³/mol. The van der Waals surface area contributed by atoms with Crippen molar-refractivity contribution in [3.8, 4) is 11.3 Å². The van der Waals surface area contributed by atoms with E-state index in [9.17, 15) is 9.59 Å². The first kappa shape index (κ1) is 23.7. The smallest absolute Gasteiger partial charge is 0.303 e. The maximum Gasteiger partial charge on any atom is 0.303 e. The molecule has 7 heteroatoms. The highest BCUT2D eigenvalue weighted by Crippen LogP contribution is 2.37. The van der Waals surface area contributed by atoms with E-state index in [-0.39, 0.29) is 18.0 Å². The number of nitrogens with zero attached hydrogens (tertiary/aromatic N) is 2. The Labute approximate surface area is 199 Å². The van der Waals surface area contributed by atoms with Gasteiger partial charge in [-0.3, -0.25) is 14.6 Å². The number of hydrogen-bond donors (Lipinski definition) is 2. The van der Waals surface area contributed by atoms with Crippen molar-refractivity contribution in [2.75, 3.05) is 5.32 Å². The zero-order chi connectivity index (χ0) is 24.1. The second kappa shape index (κ2) is 10.6. The van der Waals surface area contributed by atoms with Crippen LogP contribution in [0.3, 0.4) is 0 Å². The van der Waals surface area contributed by atoms with Gasteiger partial charge in [-0.1, -0.05) is 43.3 Å². The van der Waals surface area contributed by atoms with E-state index in [1.165, 1.54) is 5.56 Å². The molecule has 7 nitrogen and oxygen atoms in total. The number of aromatic nitrogens is 2. The molecule has 1 aliphatic carbocycles. The van der Waals surface area contributed by atoms with Crippen molar-refractivity contribution in [2.24, 2.45) is 11.8 Å². The van der Waals surface area contributed by atoms with Gasteiger partial charge < -0.3 is 14.9 Å². The molecule has 178 valence electrons. The van der Waals surface area contributed by atoms with Gasteiger partial charge in [-0.05, 0) is 61.1 Å². The lowest BCUT2D eigenvalue weighted by atomic mass is 9.77. The Morgan fingerprint density at radius 2 is 1.82 bits per heavy atom. The van der Waals surface area contributed by atoms with Crippen LogP contribution >= 0.6 is 0 Å². The highest BCUT2D eigenvalue weighted by atomic mass is 16.5. The lowest BCUT2D eigenvalue weighted by Crippen LogP contribution is -2.16. The van der Waals surface area contributed by atoms with Crippen molar-refractivity contribution >= 4 is 17.6 Å². The first-order chi connectivity index (χ1) is 16.4. The van der Waals surface area contributed by atoms with E-state index in [1.807, 2.05) is 12.1 Å². The van der Waals surface area contributed by atoms with Gasteiger partial charge in [0.2, 0.25) is 0 Å². The van der Waals surface area contributed by atoms with E-state index in [2.05, 4.69) is 53.6 Å². The number of carbonyl (C=O) groups excluding carboxylic acids is 1. The molecule has 3 aromatic rings. The number of carboxylic acid groups (broad SMARTS) is 1. The van der Waals surface area contributed by atoms with Crippen LogP contribution in [0.2, 0.25) is 0 Å².